The summed E-state index contributed by atoms with van der Waals surface area (Å²) < 4.78 is 0. The lowest BCUT2D eigenvalue weighted by atomic mass is 9.76. The summed E-state index contributed by atoms with van der Waals surface area (Å²) in [5, 5.41) is 0. The molecule has 2 aromatic rings. The zero-order valence-electron chi connectivity index (χ0n) is 9.73. The summed E-state index contributed by atoms with van der Waals surface area (Å²) in [5.74, 6) is 0. The lowest BCUT2D eigenvalue weighted by Gasteiger charge is -2.34. The third-order valence-corrected chi connectivity index (χ3v) is 4.34. The molecule has 3 heteroatoms. The zero-order chi connectivity index (χ0) is 11.7. The van der Waals surface area contributed by atoms with Gasteiger partial charge in [0.15, 0.2) is 0 Å². The van der Waals surface area contributed by atoms with Gasteiger partial charge >= 0.3 is 0 Å². The molecule has 17 heavy (non-hydrogen) atoms. The topological polar surface area (TPSA) is 38.9 Å². The number of nitrogens with zero attached hydrogens (tertiary/aromatic N) is 1. The first-order valence-electron chi connectivity index (χ1n) is 5.98. The molecule has 0 radical (unpaired) electrons. The van der Waals surface area contributed by atoms with E-state index in [0.29, 0.717) is 0 Å². The van der Waals surface area contributed by atoms with E-state index in [1.165, 1.54) is 16.0 Å². The molecule has 0 saturated heterocycles. The molecule has 1 atom stereocenters. The van der Waals surface area contributed by atoms with Crippen LogP contribution in [0.4, 0.5) is 0 Å². The van der Waals surface area contributed by atoms with Crippen LogP contribution in [0, 0.1) is 0 Å². The highest BCUT2D eigenvalue weighted by Gasteiger charge is 2.30. The van der Waals surface area contributed by atoms with Crippen LogP contribution >= 0.6 is 11.3 Å². The van der Waals surface area contributed by atoms with E-state index in [2.05, 4.69) is 29.2 Å². The third kappa shape index (κ3) is 2.26. The maximum Gasteiger partial charge on any atom is 0.0794 e. The van der Waals surface area contributed by atoms with Gasteiger partial charge in [0.05, 0.1) is 5.51 Å². The van der Waals surface area contributed by atoms with Crippen molar-refractivity contribution in [1.82, 2.24) is 4.98 Å². The standard InChI is InChI=1S/C14H16N2S/c15-14(8-13-9-16-10-17-13)6-5-11-3-1-2-4-12(11)7-14/h1-4,9-10H,5-8,15H2. The Kier molecular flexibility index (Phi) is 2.73. The summed E-state index contributed by atoms with van der Waals surface area (Å²) in [4.78, 5) is 5.42. The van der Waals surface area contributed by atoms with Crippen LogP contribution in [0.25, 0.3) is 0 Å². The van der Waals surface area contributed by atoms with Crippen molar-refractivity contribution in [3.05, 3.63) is 52.0 Å². The van der Waals surface area contributed by atoms with Crippen molar-refractivity contribution in [2.75, 3.05) is 0 Å². The van der Waals surface area contributed by atoms with Gasteiger partial charge in [0.1, 0.15) is 0 Å². The maximum atomic E-state index is 6.54. The van der Waals surface area contributed by atoms with Crippen LogP contribution < -0.4 is 5.73 Å². The molecule has 1 aliphatic rings. The van der Waals surface area contributed by atoms with Crippen molar-refractivity contribution in [1.29, 1.82) is 0 Å². The van der Waals surface area contributed by atoms with Gasteiger partial charge in [-0.15, -0.1) is 11.3 Å². The average Bonchev–Trinajstić information content (AvgIpc) is 2.81. The molecule has 0 amide bonds. The van der Waals surface area contributed by atoms with E-state index in [4.69, 9.17) is 5.73 Å². The minimum absolute atomic E-state index is 0.0825. The molecule has 3 rings (SSSR count). The number of thiazole rings is 1. The number of rotatable bonds is 2. The monoisotopic (exact) mass is 244 g/mol. The minimum Gasteiger partial charge on any atom is -0.324 e. The Morgan fingerprint density at radius 2 is 2.12 bits per heavy atom. The zero-order valence-corrected chi connectivity index (χ0v) is 10.5. The number of benzene rings is 1. The second kappa shape index (κ2) is 4.24. The fourth-order valence-corrected chi connectivity index (χ4v) is 3.40. The van der Waals surface area contributed by atoms with E-state index in [1.807, 2.05) is 11.7 Å². The van der Waals surface area contributed by atoms with Gasteiger partial charge in [-0.3, -0.25) is 4.98 Å². The van der Waals surface area contributed by atoms with Crippen LogP contribution in [0.15, 0.2) is 36.0 Å². The lowest BCUT2D eigenvalue weighted by Crippen LogP contribution is -2.46. The number of aromatic nitrogens is 1. The fraction of sp³-hybridized carbons (Fsp3) is 0.357. The largest absolute Gasteiger partial charge is 0.324 e. The SMILES string of the molecule is NC1(Cc2cncs2)CCc2ccccc2C1. The van der Waals surface area contributed by atoms with Crippen molar-refractivity contribution in [2.45, 2.75) is 31.2 Å². The molecule has 1 aromatic heterocycles. The van der Waals surface area contributed by atoms with E-state index < -0.39 is 0 Å². The van der Waals surface area contributed by atoms with E-state index >= 15 is 0 Å². The molecule has 88 valence electrons. The summed E-state index contributed by atoms with van der Waals surface area (Å²) in [6.45, 7) is 0. The molecule has 0 bridgehead atoms. The molecule has 0 spiro atoms. The van der Waals surface area contributed by atoms with Crippen LogP contribution in [-0.4, -0.2) is 10.5 Å². The highest BCUT2D eigenvalue weighted by atomic mass is 32.1. The van der Waals surface area contributed by atoms with Crippen molar-refractivity contribution >= 4 is 11.3 Å². The number of nitrogens with two attached hydrogens (primary N) is 1. The van der Waals surface area contributed by atoms with Crippen LogP contribution in [0.1, 0.15) is 22.4 Å². The van der Waals surface area contributed by atoms with Crippen molar-refractivity contribution in [3.8, 4) is 0 Å². The first-order valence-corrected chi connectivity index (χ1v) is 6.86. The normalized spacial score (nSPS) is 23.4. The number of fused-ring (bicyclic) bond motifs is 1. The first kappa shape index (κ1) is 10.9. The van der Waals surface area contributed by atoms with Gasteiger partial charge in [-0.2, -0.15) is 0 Å². The molecule has 2 N–H and O–H groups in total. The van der Waals surface area contributed by atoms with E-state index in [9.17, 15) is 0 Å². The molecule has 0 fully saturated rings. The molecule has 1 aliphatic carbocycles. The van der Waals surface area contributed by atoms with Crippen molar-refractivity contribution < 1.29 is 0 Å². The summed E-state index contributed by atoms with van der Waals surface area (Å²) >= 11 is 1.71. The predicted octanol–water partition coefficient (Wildman–Crippen LogP) is 2.57. The van der Waals surface area contributed by atoms with E-state index in [-0.39, 0.29) is 5.54 Å². The summed E-state index contributed by atoms with van der Waals surface area (Å²) in [7, 11) is 0. The minimum atomic E-state index is -0.0825. The smallest absolute Gasteiger partial charge is 0.0794 e. The Morgan fingerprint density at radius 1 is 1.29 bits per heavy atom. The Labute approximate surface area is 106 Å². The van der Waals surface area contributed by atoms with Crippen LogP contribution in [0.2, 0.25) is 0 Å². The lowest BCUT2D eigenvalue weighted by molar-refractivity contribution is 0.371. The van der Waals surface area contributed by atoms with Crippen LogP contribution in [0.3, 0.4) is 0 Å². The summed E-state index contributed by atoms with van der Waals surface area (Å²) in [6, 6.07) is 8.66. The molecule has 1 aromatic carbocycles. The first-order chi connectivity index (χ1) is 8.25. The Balaban J connectivity index is 1.82. The second-order valence-electron chi connectivity index (χ2n) is 4.95. The van der Waals surface area contributed by atoms with Gasteiger partial charge in [-0.1, -0.05) is 24.3 Å². The van der Waals surface area contributed by atoms with Gasteiger partial charge in [-0.25, -0.2) is 0 Å². The van der Waals surface area contributed by atoms with Gasteiger partial charge in [-0.05, 0) is 30.4 Å². The van der Waals surface area contributed by atoms with Crippen molar-refractivity contribution in [3.63, 3.8) is 0 Å². The van der Waals surface area contributed by atoms with Crippen LogP contribution in [0.5, 0.6) is 0 Å². The molecule has 1 unspecified atom stereocenters. The van der Waals surface area contributed by atoms with Gasteiger partial charge in [0.25, 0.3) is 0 Å². The average molecular weight is 244 g/mol. The molecular weight excluding hydrogens is 228 g/mol. The Morgan fingerprint density at radius 3 is 2.88 bits per heavy atom. The Bertz CT molecular complexity index is 507. The Hall–Kier alpha value is -1.19. The summed E-state index contributed by atoms with van der Waals surface area (Å²) in [5.41, 5.74) is 11.2. The maximum absolute atomic E-state index is 6.54. The van der Waals surface area contributed by atoms with Gasteiger partial charge in [0.2, 0.25) is 0 Å². The second-order valence-corrected chi connectivity index (χ2v) is 5.92. The van der Waals surface area contributed by atoms with Crippen molar-refractivity contribution in [2.24, 2.45) is 5.73 Å². The van der Waals surface area contributed by atoms with Gasteiger partial charge < -0.3 is 5.73 Å². The molecule has 0 saturated carbocycles. The van der Waals surface area contributed by atoms with Crippen LogP contribution in [-0.2, 0) is 19.3 Å². The molecule has 1 heterocycles. The van der Waals surface area contributed by atoms with Gasteiger partial charge in [0, 0.05) is 23.0 Å². The highest BCUT2D eigenvalue weighted by Crippen LogP contribution is 2.30. The fourth-order valence-electron chi connectivity index (χ4n) is 2.65. The van der Waals surface area contributed by atoms with E-state index in [1.54, 1.807) is 11.3 Å². The molecular formula is C14H16N2S. The highest BCUT2D eigenvalue weighted by molar-refractivity contribution is 7.09. The summed E-state index contributed by atoms with van der Waals surface area (Å²) in [6.07, 6.45) is 6.06. The number of aryl methyl sites for hydroxylation is 1. The number of hydrogen-bond donors (Lipinski definition) is 1. The quantitative estimate of drug-likeness (QED) is 0.882. The van der Waals surface area contributed by atoms with E-state index in [0.717, 1.165) is 25.7 Å². The molecule has 0 aliphatic heterocycles. The number of hydrogen-bond acceptors (Lipinski definition) is 3. The molecule has 2 nitrogen and oxygen atoms in total. The predicted molar refractivity (Wildman–Crippen MR) is 71.2 cm³/mol. The third-order valence-electron chi connectivity index (χ3n) is 3.56.